The molecule has 0 aromatic carbocycles. The summed E-state index contributed by atoms with van der Waals surface area (Å²) in [5.74, 6) is -0.162. The van der Waals surface area contributed by atoms with E-state index in [0.717, 1.165) is 51.4 Å². The van der Waals surface area contributed by atoms with Crippen molar-refractivity contribution in [2.45, 2.75) is 309 Å². The van der Waals surface area contributed by atoms with Crippen LogP contribution in [0, 0.1) is 0 Å². The molecular formula is C58H109NO5. The van der Waals surface area contributed by atoms with Gasteiger partial charge in [-0.3, -0.25) is 9.59 Å². The largest absolute Gasteiger partial charge is 0.466 e. The van der Waals surface area contributed by atoms with E-state index in [-0.39, 0.29) is 18.5 Å². The van der Waals surface area contributed by atoms with Crippen LogP contribution in [-0.2, 0) is 14.3 Å². The van der Waals surface area contributed by atoms with Gasteiger partial charge in [0.2, 0.25) is 5.91 Å². The normalized spacial score (nSPS) is 12.9. The second kappa shape index (κ2) is 53.7. The molecule has 0 saturated heterocycles. The van der Waals surface area contributed by atoms with Gasteiger partial charge in [0.1, 0.15) is 0 Å². The van der Waals surface area contributed by atoms with E-state index >= 15 is 0 Å². The van der Waals surface area contributed by atoms with Crippen LogP contribution in [0.2, 0.25) is 0 Å². The van der Waals surface area contributed by atoms with Crippen LogP contribution in [0.25, 0.3) is 0 Å². The number of esters is 1. The Kier molecular flexibility index (Phi) is 52.1. The van der Waals surface area contributed by atoms with Gasteiger partial charge in [0.25, 0.3) is 0 Å². The molecular weight excluding hydrogens is 791 g/mol. The standard InChI is InChI=1S/C58H109NO5/c1-3-5-7-9-11-13-15-17-19-21-23-26-30-34-38-42-46-50-56(61)55(54-60)59-57(62)51-47-43-39-35-31-27-25-29-33-37-41-45-49-53-64-58(63)52-48-44-40-36-32-28-24-22-20-18-16-14-12-10-8-6-4-2/h27,31,39,43,46,50,55-56,60-61H,3-26,28-30,32-38,40-42,44-45,47-49,51-54H2,1-2H3,(H,59,62)/b31-27-,43-39-,50-46+. The van der Waals surface area contributed by atoms with E-state index in [1.165, 1.54) is 212 Å². The molecule has 6 heteroatoms. The molecule has 2 atom stereocenters. The van der Waals surface area contributed by atoms with Crippen molar-refractivity contribution in [3.63, 3.8) is 0 Å². The van der Waals surface area contributed by atoms with Crippen LogP contribution in [0.15, 0.2) is 36.5 Å². The van der Waals surface area contributed by atoms with Crippen molar-refractivity contribution < 1.29 is 24.5 Å². The zero-order valence-electron chi connectivity index (χ0n) is 42.8. The van der Waals surface area contributed by atoms with Gasteiger partial charge in [-0.2, -0.15) is 0 Å². The summed E-state index contributed by atoms with van der Waals surface area (Å²) in [7, 11) is 0. The molecule has 0 spiro atoms. The number of hydrogen-bond donors (Lipinski definition) is 3. The molecule has 0 aliphatic carbocycles. The maximum Gasteiger partial charge on any atom is 0.305 e. The average Bonchev–Trinajstić information content (AvgIpc) is 3.29. The van der Waals surface area contributed by atoms with Gasteiger partial charge in [0.05, 0.1) is 25.4 Å². The summed E-state index contributed by atoms with van der Waals surface area (Å²) in [6.07, 6.45) is 66.0. The van der Waals surface area contributed by atoms with Gasteiger partial charge in [0, 0.05) is 12.8 Å². The van der Waals surface area contributed by atoms with Crippen molar-refractivity contribution in [1.29, 1.82) is 0 Å². The highest BCUT2D eigenvalue weighted by molar-refractivity contribution is 5.76. The number of hydrogen-bond acceptors (Lipinski definition) is 5. The van der Waals surface area contributed by atoms with Gasteiger partial charge in [-0.05, 0) is 51.4 Å². The maximum atomic E-state index is 12.4. The van der Waals surface area contributed by atoms with Crippen LogP contribution < -0.4 is 5.32 Å². The van der Waals surface area contributed by atoms with E-state index in [4.69, 9.17) is 4.74 Å². The van der Waals surface area contributed by atoms with Crippen molar-refractivity contribution in [2.75, 3.05) is 13.2 Å². The van der Waals surface area contributed by atoms with Crippen LogP contribution in [0.1, 0.15) is 296 Å². The minimum absolute atomic E-state index is 0.0146. The van der Waals surface area contributed by atoms with Gasteiger partial charge in [0.15, 0.2) is 0 Å². The number of ether oxygens (including phenoxy) is 1. The minimum Gasteiger partial charge on any atom is -0.466 e. The Labute approximate surface area is 398 Å². The molecule has 0 radical (unpaired) electrons. The molecule has 3 N–H and O–H groups in total. The maximum absolute atomic E-state index is 12.4. The molecule has 0 aromatic heterocycles. The van der Waals surface area contributed by atoms with Crippen LogP contribution in [0.3, 0.4) is 0 Å². The van der Waals surface area contributed by atoms with Crippen LogP contribution in [-0.4, -0.2) is 47.4 Å². The molecule has 0 bridgehead atoms. The average molecular weight is 901 g/mol. The van der Waals surface area contributed by atoms with Crippen LogP contribution >= 0.6 is 0 Å². The molecule has 0 heterocycles. The number of unbranched alkanes of at least 4 members (excludes halogenated alkanes) is 37. The molecule has 0 rings (SSSR count). The first kappa shape index (κ1) is 62.1. The number of carbonyl (C=O) groups is 2. The number of aliphatic hydroxyl groups excluding tert-OH is 2. The number of carbonyl (C=O) groups excluding carboxylic acids is 2. The lowest BCUT2D eigenvalue weighted by molar-refractivity contribution is -0.143. The zero-order valence-corrected chi connectivity index (χ0v) is 42.8. The predicted octanol–water partition coefficient (Wildman–Crippen LogP) is 17.2. The van der Waals surface area contributed by atoms with Gasteiger partial charge in [-0.1, -0.05) is 269 Å². The first-order valence-electron chi connectivity index (χ1n) is 28.3. The Hall–Kier alpha value is -1.92. The second-order valence-corrected chi connectivity index (χ2v) is 19.3. The van der Waals surface area contributed by atoms with Crippen LogP contribution in [0.5, 0.6) is 0 Å². The Morgan fingerprint density at radius 2 is 0.797 bits per heavy atom. The fourth-order valence-corrected chi connectivity index (χ4v) is 8.57. The summed E-state index contributed by atoms with van der Waals surface area (Å²) in [6, 6.07) is -0.672. The number of amides is 1. The Morgan fingerprint density at radius 3 is 1.22 bits per heavy atom. The number of rotatable bonds is 52. The van der Waals surface area contributed by atoms with Crippen molar-refractivity contribution in [2.24, 2.45) is 0 Å². The topological polar surface area (TPSA) is 95.9 Å². The minimum atomic E-state index is -0.879. The molecule has 0 aromatic rings. The monoisotopic (exact) mass is 900 g/mol. The molecule has 2 unspecified atom stereocenters. The smallest absolute Gasteiger partial charge is 0.305 e. The molecule has 376 valence electrons. The highest BCUT2D eigenvalue weighted by atomic mass is 16.5. The van der Waals surface area contributed by atoms with Crippen LogP contribution in [0.4, 0.5) is 0 Å². The molecule has 0 saturated carbocycles. The van der Waals surface area contributed by atoms with E-state index in [2.05, 4.69) is 37.4 Å². The number of allylic oxidation sites excluding steroid dienone is 5. The highest BCUT2D eigenvalue weighted by Crippen LogP contribution is 2.16. The van der Waals surface area contributed by atoms with E-state index < -0.39 is 12.1 Å². The molecule has 64 heavy (non-hydrogen) atoms. The van der Waals surface area contributed by atoms with E-state index in [9.17, 15) is 19.8 Å². The lowest BCUT2D eigenvalue weighted by atomic mass is 10.0. The molecule has 6 nitrogen and oxygen atoms in total. The highest BCUT2D eigenvalue weighted by Gasteiger charge is 2.17. The third-order valence-corrected chi connectivity index (χ3v) is 12.9. The van der Waals surface area contributed by atoms with Gasteiger partial charge in [-0.25, -0.2) is 0 Å². The quantitative estimate of drug-likeness (QED) is 0.0321. The summed E-state index contributed by atoms with van der Waals surface area (Å²) in [5, 5.41) is 23.0. The van der Waals surface area contributed by atoms with Gasteiger partial charge in [-0.15, -0.1) is 0 Å². The third kappa shape index (κ3) is 49.5. The van der Waals surface area contributed by atoms with Gasteiger partial charge < -0.3 is 20.3 Å². The number of aliphatic hydroxyl groups is 2. The van der Waals surface area contributed by atoms with E-state index in [1.54, 1.807) is 6.08 Å². The summed E-state index contributed by atoms with van der Waals surface area (Å²) in [6.45, 7) is 4.85. The van der Waals surface area contributed by atoms with Gasteiger partial charge >= 0.3 is 5.97 Å². The van der Waals surface area contributed by atoms with Crippen molar-refractivity contribution >= 4 is 11.9 Å². The fraction of sp³-hybridized carbons (Fsp3) is 0.862. The van der Waals surface area contributed by atoms with Crippen molar-refractivity contribution in [3.05, 3.63) is 36.5 Å². The predicted molar refractivity (Wildman–Crippen MR) is 278 cm³/mol. The molecule has 1 amide bonds. The second-order valence-electron chi connectivity index (χ2n) is 19.3. The SMILES string of the molecule is CCCCCCCCCCCCCCCCC/C=C/C(O)C(CO)NC(=O)CC/C=C\C/C=C\CCCCCCCCOC(=O)CCCCCCCCCCCCCCCCCCC. The van der Waals surface area contributed by atoms with Crippen molar-refractivity contribution in [1.82, 2.24) is 5.32 Å². The third-order valence-electron chi connectivity index (χ3n) is 12.9. The fourth-order valence-electron chi connectivity index (χ4n) is 8.57. The number of nitrogens with one attached hydrogen (secondary N) is 1. The van der Waals surface area contributed by atoms with Crippen molar-refractivity contribution in [3.8, 4) is 0 Å². The Morgan fingerprint density at radius 1 is 0.438 bits per heavy atom. The Balaban J connectivity index is 3.55. The Bertz CT molecular complexity index is 1040. The molecule has 0 aliphatic rings. The summed E-state index contributed by atoms with van der Waals surface area (Å²) in [4.78, 5) is 24.5. The van der Waals surface area contributed by atoms with E-state index in [0.29, 0.717) is 25.9 Å². The first-order chi connectivity index (χ1) is 31.5. The summed E-state index contributed by atoms with van der Waals surface area (Å²) in [5.41, 5.74) is 0. The van der Waals surface area contributed by atoms with E-state index in [1.807, 2.05) is 12.2 Å². The summed E-state index contributed by atoms with van der Waals surface area (Å²) >= 11 is 0. The molecule has 0 aliphatic heterocycles. The first-order valence-corrected chi connectivity index (χ1v) is 28.3. The summed E-state index contributed by atoms with van der Waals surface area (Å²) < 4.78 is 5.47. The zero-order chi connectivity index (χ0) is 46.5. The lowest BCUT2D eigenvalue weighted by Crippen LogP contribution is -2.45. The lowest BCUT2D eigenvalue weighted by Gasteiger charge is -2.19. The molecule has 0 fully saturated rings.